The monoisotopic (exact) mass is 752 g/mol. The minimum atomic E-state index is -0.508. The van der Waals surface area contributed by atoms with Gasteiger partial charge in [0.25, 0.3) is 0 Å². The summed E-state index contributed by atoms with van der Waals surface area (Å²) in [6.07, 6.45) is 47.4. The molecule has 0 unspecified atom stereocenters. The molecule has 54 heavy (non-hydrogen) atoms. The zero-order valence-electron chi connectivity index (χ0n) is 35.4. The van der Waals surface area contributed by atoms with Crippen LogP contribution in [0.4, 0.5) is 5.69 Å². The average Bonchev–Trinajstić information content (AvgIpc) is 3.18. The molecule has 310 valence electrons. The van der Waals surface area contributed by atoms with E-state index < -0.39 is 6.10 Å². The Morgan fingerprint density at radius 3 is 1.30 bits per heavy atom. The lowest BCUT2D eigenvalue weighted by molar-refractivity contribution is -0.158. The van der Waals surface area contributed by atoms with E-state index in [0.29, 0.717) is 19.4 Å². The van der Waals surface area contributed by atoms with Gasteiger partial charge in [0, 0.05) is 18.5 Å². The molecule has 0 aliphatic carbocycles. The van der Waals surface area contributed by atoms with Crippen molar-refractivity contribution in [2.75, 3.05) is 18.5 Å². The second-order valence-corrected chi connectivity index (χ2v) is 15.6. The number of carbonyl (C=O) groups is 2. The second kappa shape index (κ2) is 40.1. The summed E-state index contributed by atoms with van der Waals surface area (Å²) in [7, 11) is 0. The molecule has 1 aromatic carbocycles. The Kier molecular flexibility index (Phi) is 36.7. The Balaban J connectivity index is 2.11. The van der Waals surface area contributed by atoms with Gasteiger partial charge >= 0.3 is 11.9 Å². The largest absolute Gasteiger partial charge is 0.462 e. The second-order valence-electron chi connectivity index (χ2n) is 15.6. The summed E-state index contributed by atoms with van der Waals surface area (Å²) < 4.78 is 11.4. The topological polar surface area (TPSA) is 64.6 Å². The van der Waals surface area contributed by atoms with Gasteiger partial charge in [-0.15, -0.1) is 0 Å². The van der Waals surface area contributed by atoms with Crippen LogP contribution in [0.1, 0.15) is 219 Å². The third-order valence-electron chi connectivity index (χ3n) is 10.3. The molecular weight excluding hydrogens is 667 g/mol. The van der Waals surface area contributed by atoms with Crippen LogP contribution in [0, 0.1) is 0 Å². The van der Waals surface area contributed by atoms with Gasteiger partial charge in [0.1, 0.15) is 6.61 Å². The molecule has 5 heteroatoms. The van der Waals surface area contributed by atoms with Crippen LogP contribution < -0.4 is 5.32 Å². The predicted molar refractivity (Wildman–Crippen MR) is 233 cm³/mol. The highest BCUT2D eigenvalue weighted by Crippen LogP contribution is 2.15. The van der Waals surface area contributed by atoms with Crippen LogP contribution in [0.25, 0.3) is 0 Å². The number of anilines is 1. The number of hydrogen-bond donors (Lipinski definition) is 1. The summed E-state index contributed by atoms with van der Waals surface area (Å²) in [6, 6.07) is 9.86. The molecule has 0 amide bonds. The molecule has 0 aromatic heterocycles. The van der Waals surface area contributed by atoms with Gasteiger partial charge in [0.05, 0.1) is 6.54 Å². The number of unbranched alkanes of at least 4 members (excludes halogenated alkanes) is 26. The van der Waals surface area contributed by atoms with Gasteiger partial charge in [0.15, 0.2) is 6.10 Å². The van der Waals surface area contributed by atoms with E-state index in [9.17, 15) is 9.59 Å². The van der Waals surface area contributed by atoms with Crippen molar-refractivity contribution in [1.29, 1.82) is 0 Å². The number of hydrogen-bond acceptors (Lipinski definition) is 5. The fraction of sp³-hybridized carbons (Fsp3) is 0.755. The highest BCUT2D eigenvalue weighted by Gasteiger charge is 2.17. The standard InChI is InChI=1S/C49H85NO4/c1-3-5-7-9-11-13-15-17-19-20-21-22-24-26-28-30-32-34-39-43-49(52)54-47(44-50-46-40-36-35-37-41-46)45-53-48(51)42-38-33-31-29-27-25-23-18-16-14-12-10-8-6-4-2/h17-19,23,35-37,40-41,47,50H,3-16,20-22,24-34,38-39,42-45H2,1-2H3/t47-/m1/s1. The molecule has 0 aliphatic heterocycles. The van der Waals surface area contributed by atoms with Crippen LogP contribution in [0.5, 0.6) is 0 Å². The van der Waals surface area contributed by atoms with Crippen molar-refractivity contribution < 1.29 is 19.1 Å². The van der Waals surface area contributed by atoms with E-state index in [-0.39, 0.29) is 18.5 Å². The molecule has 1 rings (SSSR count). The lowest BCUT2D eigenvalue weighted by atomic mass is 10.1. The molecule has 5 nitrogen and oxygen atoms in total. The number of rotatable bonds is 40. The highest BCUT2D eigenvalue weighted by molar-refractivity contribution is 5.70. The third kappa shape index (κ3) is 35.2. The predicted octanol–water partition coefficient (Wildman–Crippen LogP) is 15.2. The van der Waals surface area contributed by atoms with Crippen LogP contribution >= 0.6 is 0 Å². The Hall–Kier alpha value is -2.56. The molecule has 0 saturated heterocycles. The molecule has 0 fully saturated rings. The van der Waals surface area contributed by atoms with Crippen LogP contribution in [0.2, 0.25) is 0 Å². The molecule has 1 aromatic rings. The Labute approximate surface area is 334 Å². The summed E-state index contributed by atoms with van der Waals surface area (Å²) in [5.74, 6) is -0.409. The summed E-state index contributed by atoms with van der Waals surface area (Å²) >= 11 is 0. The fourth-order valence-corrected chi connectivity index (χ4v) is 6.81. The summed E-state index contributed by atoms with van der Waals surface area (Å²) in [5.41, 5.74) is 0.953. The lowest BCUT2D eigenvalue weighted by Gasteiger charge is -2.19. The minimum Gasteiger partial charge on any atom is -0.462 e. The van der Waals surface area contributed by atoms with Crippen LogP contribution in [0.15, 0.2) is 54.6 Å². The van der Waals surface area contributed by atoms with Crippen LogP contribution in [0.3, 0.4) is 0 Å². The van der Waals surface area contributed by atoms with E-state index in [0.717, 1.165) is 44.2 Å². The highest BCUT2D eigenvalue weighted by atomic mass is 16.6. The maximum absolute atomic E-state index is 12.7. The van der Waals surface area contributed by atoms with E-state index in [1.807, 2.05) is 30.3 Å². The maximum atomic E-state index is 12.7. The van der Waals surface area contributed by atoms with Gasteiger partial charge in [-0.05, 0) is 76.3 Å². The van der Waals surface area contributed by atoms with Gasteiger partial charge < -0.3 is 14.8 Å². The van der Waals surface area contributed by atoms with E-state index in [1.54, 1.807) is 0 Å². The molecule has 0 saturated carbocycles. The SMILES string of the molecule is CCCCCCCCC=CCCCCCCCCCCCC(=O)O[C@H](CNc1ccccc1)COC(=O)CCCCCCCC=CCCCCCCCC. The van der Waals surface area contributed by atoms with Crippen molar-refractivity contribution in [2.24, 2.45) is 0 Å². The van der Waals surface area contributed by atoms with Crippen molar-refractivity contribution in [3.63, 3.8) is 0 Å². The number of carbonyl (C=O) groups excluding carboxylic acids is 2. The zero-order chi connectivity index (χ0) is 38.8. The van der Waals surface area contributed by atoms with Gasteiger partial charge in [-0.1, -0.05) is 185 Å². The first kappa shape index (κ1) is 49.5. The number of esters is 2. The Morgan fingerprint density at radius 1 is 0.500 bits per heavy atom. The first-order valence-corrected chi connectivity index (χ1v) is 23.1. The van der Waals surface area contributed by atoms with Crippen molar-refractivity contribution in [1.82, 2.24) is 0 Å². The first-order valence-electron chi connectivity index (χ1n) is 23.1. The lowest BCUT2D eigenvalue weighted by Crippen LogP contribution is -2.31. The Bertz CT molecular complexity index is 1010. The summed E-state index contributed by atoms with van der Waals surface area (Å²) in [6.45, 7) is 5.04. The number of benzene rings is 1. The normalized spacial score (nSPS) is 12.1. The van der Waals surface area contributed by atoms with E-state index in [2.05, 4.69) is 43.5 Å². The van der Waals surface area contributed by atoms with Gasteiger partial charge in [-0.2, -0.15) is 0 Å². The molecule has 0 heterocycles. The van der Waals surface area contributed by atoms with Crippen molar-refractivity contribution in [2.45, 2.75) is 225 Å². The average molecular weight is 752 g/mol. The van der Waals surface area contributed by atoms with Crippen LogP contribution in [-0.2, 0) is 19.1 Å². The van der Waals surface area contributed by atoms with Gasteiger partial charge in [-0.3, -0.25) is 9.59 Å². The van der Waals surface area contributed by atoms with Crippen molar-refractivity contribution >= 4 is 17.6 Å². The molecule has 0 spiro atoms. The van der Waals surface area contributed by atoms with Gasteiger partial charge in [0.2, 0.25) is 0 Å². The quantitative estimate of drug-likeness (QED) is 0.0411. The zero-order valence-corrected chi connectivity index (χ0v) is 35.4. The molecule has 0 radical (unpaired) electrons. The maximum Gasteiger partial charge on any atom is 0.306 e. The van der Waals surface area contributed by atoms with Crippen molar-refractivity contribution in [3.8, 4) is 0 Å². The number of nitrogens with one attached hydrogen (secondary N) is 1. The number of ether oxygens (including phenoxy) is 2. The fourth-order valence-electron chi connectivity index (χ4n) is 6.81. The van der Waals surface area contributed by atoms with Crippen molar-refractivity contribution in [3.05, 3.63) is 54.6 Å². The molecular formula is C49H85NO4. The van der Waals surface area contributed by atoms with Gasteiger partial charge in [-0.25, -0.2) is 0 Å². The van der Waals surface area contributed by atoms with E-state index in [4.69, 9.17) is 9.47 Å². The molecule has 0 aliphatic rings. The van der Waals surface area contributed by atoms with E-state index in [1.165, 1.54) is 154 Å². The number of allylic oxidation sites excluding steroid dienone is 4. The third-order valence-corrected chi connectivity index (χ3v) is 10.3. The summed E-state index contributed by atoms with van der Waals surface area (Å²) in [4.78, 5) is 25.2. The number of para-hydroxylation sites is 1. The molecule has 1 atom stereocenters. The van der Waals surface area contributed by atoms with E-state index >= 15 is 0 Å². The molecule has 1 N–H and O–H groups in total. The molecule has 0 bridgehead atoms. The smallest absolute Gasteiger partial charge is 0.306 e. The first-order chi connectivity index (χ1) is 26.7. The summed E-state index contributed by atoms with van der Waals surface area (Å²) in [5, 5.41) is 3.33. The minimum absolute atomic E-state index is 0.0883. The van der Waals surface area contributed by atoms with Crippen LogP contribution in [-0.4, -0.2) is 31.2 Å². The Morgan fingerprint density at radius 2 is 0.870 bits per heavy atom.